The summed E-state index contributed by atoms with van der Waals surface area (Å²) in [6.45, 7) is 22.5. The van der Waals surface area contributed by atoms with Crippen molar-refractivity contribution in [1.82, 2.24) is 40.0 Å². The number of allylic oxidation sites excluding steroid dienone is 1. The summed E-state index contributed by atoms with van der Waals surface area (Å²) in [5, 5.41) is 14.6. The van der Waals surface area contributed by atoms with Crippen molar-refractivity contribution in [2.75, 3.05) is 91.2 Å². The van der Waals surface area contributed by atoms with Crippen molar-refractivity contribution in [3.8, 4) is 45.0 Å². The molecule has 2 N–H and O–H groups in total. The molecule has 0 spiro atoms. The average Bonchev–Trinajstić information content (AvgIpc) is 0.791. The fraction of sp³-hybridized carbons (Fsp3) is 0.309. The van der Waals surface area contributed by atoms with Crippen molar-refractivity contribution in [2.45, 2.75) is 95.2 Å². The smallest absolute Gasteiger partial charge is 0.407 e. The highest BCUT2D eigenvalue weighted by Crippen LogP contribution is 2.39. The molecule has 3 aliphatic rings. The standard InChI is InChI=1S/C30H35ClFN3O3.C25H24ClFN2.C22H19Cl2FN2.C17H18Cl2FNO6S2/c1-29(2,3)38-28(36)33-19-30(4,37)27-16-22(15-26(34-27)21-10-11-25(32)24(31)14-21)23-17-35(18-23)13-12-20-8-6-5-7-9-20;1-17(2)24-13-20(14-25(28-24)19-8-9-23(27)22(26)12-19)21-15-29(16-21)11-10-18-6-4-3-5-7-18;23-19-10-16(6-7-20(19)25)21-11-17(12-22(24)26-21)18-13-27(14-18)9-8-15-4-2-1-3-5-15;1-17(9-26-28(2,22)23,10-27-29(3,24)25)12-7-15(21-16(19)8-12)11-4-5-14(20)13(18)6-11/h5-11,14-16,23,37H,12-13,17-19H2,1-4H3,(H,33,36);3-9,12-14,21H,1,10-11,15-16H2,2H3;1-7,10-12,18H,8-9,13-14H2;4-8H,9-10H2,1-3H3. The number of halogens is 10. The van der Waals surface area contributed by atoms with E-state index in [1.807, 2.05) is 43.3 Å². The fourth-order valence-electron chi connectivity index (χ4n) is 13.9. The monoisotopic (exact) mass is 1830 g/mol. The number of benzene rings is 7. The minimum absolute atomic E-state index is 0.00494. The van der Waals surface area contributed by atoms with Crippen molar-refractivity contribution in [1.29, 1.82) is 0 Å². The molecule has 7 heterocycles. The number of carbonyl (C=O) groups excluding carboxylic acids is 1. The highest BCUT2D eigenvalue weighted by atomic mass is 35.5. The topological polar surface area (TPSA) is 207 Å². The fourth-order valence-corrected chi connectivity index (χ4v) is 16.0. The van der Waals surface area contributed by atoms with Crippen molar-refractivity contribution in [3.63, 3.8) is 0 Å². The Hall–Kier alpha value is -8.73. The van der Waals surface area contributed by atoms with E-state index in [0.717, 1.165) is 130 Å². The zero-order chi connectivity index (χ0) is 88.7. The first-order valence-electron chi connectivity index (χ1n) is 39.7. The Morgan fingerprint density at radius 3 is 1.15 bits per heavy atom. The quantitative estimate of drug-likeness (QED) is 0.0279. The van der Waals surface area contributed by atoms with Gasteiger partial charge in [-0.2, -0.15) is 16.8 Å². The molecule has 1 amide bonds. The number of amides is 1. The number of aromatic nitrogens is 4. The van der Waals surface area contributed by atoms with Gasteiger partial charge in [0, 0.05) is 104 Å². The minimum atomic E-state index is -3.81. The van der Waals surface area contributed by atoms with Gasteiger partial charge in [-0.15, -0.1) is 0 Å². The summed E-state index contributed by atoms with van der Waals surface area (Å²) in [5.41, 5.74) is 11.9. The molecule has 14 rings (SSSR count). The van der Waals surface area contributed by atoms with Gasteiger partial charge in [-0.25, -0.2) is 42.3 Å². The van der Waals surface area contributed by atoms with Crippen LogP contribution in [0, 0.1) is 23.3 Å². The van der Waals surface area contributed by atoms with Crippen LogP contribution >= 0.6 is 69.6 Å². The second-order valence-corrected chi connectivity index (χ2v) is 38.2. The summed E-state index contributed by atoms with van der Waals surface area (Å²) in [6, 6.07) is 64.4. The molecule has 17 nitrogen and oxygen atoms in total. The van der Waals surface area contributed by atoms with Crippen LogP contribution in [0.1, 0.15) is 110 Å². The molecule has 1 unspecified atom stereocenters. The third-order valence-corrected chi connectivity index (χ3v) is 23.6. The third-order valence-electron chi connectivity index (χ3n) is 21.0. The second kappa shape index (κ2) is 42.0. The number of hydrogen-bond acceptors (Lipinski definition) is 16. The largest absolute Gasteiger partial charge is 0.444 e. The minimum Gasteiger partial charge on any atom is -0.444 e. The van der Waals surface area contributed by atoms with E-state index in [1.165, 1.54) is 76.3 Å². The molecule has 123 heavy (non-hydrogen) atoms. The van der Waals surface area contributed by atoms with Gasteiger partial charge >= 0.3 is 6.09 Å². The highest BCUT2D eigenvalue weighted by Gasteiger charge is 2.36. The average molecular weight is 1830 g/mol. The third kappa shape index (κ3) is 28.1. The van der Waals surface area contributed by atoms with Gasteiger partial charge in [0.2, 0.25) is 0 Å². The first kappa shape index (κ1) is 94.9. The number of pyridine rings is 4. The van der Waals surface area contributed by atoms with E-state index in [-0.39, 0.29) is 37.7 Å². The lowest BCUT2D eigenvalue weighted by Crippen LogP contribution is -2.46. The van der Waals surface area contributed by atoms with E-state index in [4.69, 9.17) is 92.7 Å². The molecule has 0 aliphatic carbocycles. The van der Waals surface area contributed by atoms with Crippen LogP contribution in [-0.2, 0) is 63.6 Å². The molecule has 0 bridgehead atoms. The lowest BCUT2D eigenvalue weighted by atomic mass is 9.84. The molecule has 648 valence electrons. The Labute approximate surface area is 747 Å². The Kier molecular flexibility index (Phi) is 32.5. The molecule has 1 atom stereocenters. The SMILES string of the molecule is C=C(C)c1cc(C2CN(CCc3ccccc3)C2)cc(-c2ccc(F)c(Cl)c2)n1.CC(C)(C)OC(=O)NCC(C)(O)c1cc(C2CN(CCc3ccccc3)C2)cc(-c2ccc(F)c(Cl)c2)n1.CC(COS(C)(=O)=O)(COS(C)(=O)=O)c1cc(Cl)nc(-c2ccc(F)c(Cl)c2)c1.Fc1ccc(-c2cc(C3CN(CCc4ccccc4)C3)cc(Cl)n2)cc1Cl. The van der Waals surface area contributed by atoms with E-state index in [0.29, 0.717) is 50.8 Å². The van der Waals surface area contributed by atoms with Crippen LogP contribution in [0.25, 0.3) is 50.6 Å². The maximum Gasteiger partial charge on any atom is 0.407 e. The van der Waals surface area contributed by atoms with Gasteiger partial charge in [0.25, 0.3) is 20.2 Å². The molecule has 29 heteroatoms. The van der Waals surface area contributed by atoms with Crippen molar-refractivity contribution in [2.24, 2.45) is 0 Å². The summed E-state index contributed by atoms with van der Waals surface area (Å²) in [4.78, 5) is 37.5. The van der Waals surface area contributed by atoms with Crippen LogP contribution in [-0.4, -0.2) is 159 Å². The summed E-state index contributed by atoms with van der Waals surface area (Å²) in [5.74, 6) is -0.788. The van der Waals surface area contributed by atoms with Crippen molar-refractivity contribution >= 4 is 102 Å². The van der Waals surface area contributed by atoms with Gasteiger partial charge < -0.3 is 29.9 Å². The number of aliphatic hydroxyl groups is 1. The molecule has 7 aromatic carbocycles. The summed E-state index contributed by atoms with van der Waals surface area (Å²) in [7, 11) is -7.63. The van der Waals surface area contributed by atoms with E-state index >= 15 is 0 Å². The maximum absolute atomic E-state index is 13.8. The Bertz CT molecular complexity index is 5740. The Balaban J connectivity index is 0.000000161. The van der Waals surface area contributed by atoms with E-state index in [9.17, 15) is 44.3 Å². The molecule has 4 aromatic heterocycles. The number of nitrogens with zero attached hydrogens (tertiary/aromatic N) is 7. The number of rotatable bonds is 27. The zero-order valence-corrected chi connectivity index (χ0v) is 75.4. The van der Waals surface area contributed by atoms with Gasteiger partial charge in [0.15, 0.2) is 0 Å². The van der Waals surface area contributed by atoms with Crippen LogP contribution in [0.2, 0.25) is 30.4 Å². The highest BCUT2D eigenvalue weighted by molar-refractivity contribution is 7.86. The Morgan fingerprint density at radius 1 is 0.463 bits per heavy atom. The van der Waals surface area contributed by atoms with Gasteiger partial charge in [-0.1, -0.05) is 174 Å². The van der Waals surface area contributed by atoms with Gasteiger partial charge in [0.1, 0.15) is 44.8 Å². The molecule has 3 saturated heterocycles. The summed E-state index contributed by atoms with van der Waals surface area (Å²) < 4.78 is 115. The van der Waals surface area contributed by atoms with Gasteiger partial charge in [-0.3, -0.25) is 8.37 Å². The number of nitrogens with one attached hydrogen (secondary N) is 1. The molecular weight excluding hydrogens is 1740 g/mol. The van der Waals surface area contributed by atoms with E-state index in [1.54, 1.807) is 71.0 Å². The predicted octanol–water partition coefficient (Wildman–Crippen LogP) is 21.4. The van der Waals surface area contributed by atoms with Crippen LogP contribution in [0.5, 0.6) is 0 Å². The lowest BCUT2D eigenvalue weighted by molar-refractivity contribution is 0.0297. The number of hydrogen-bond donors (Lipinski definition) is 2. The van der Waals surface area contributed by atoms with Crippen LogP contribution in [0.15, 0.2) is 219 Å². The molecule has 0 radical (unpaired) electrons. The number of carbonyl (C=O) groups is 1. The van der Waals surface area contributed by atoms with Crippen LogP contribution < -0.4 is 5.32 Å². The second-order valence-electron chi connectivity index (χ2n) is 32.5. The number of likely N-dealkylation sites (tertiary alicyclic amines) is 3. The molecule has 11 aromatic rings. The van der Waals surface area contributed by atoms with Crippen molar-refractivity contribution in [3.05, 3.63) is 323 Å². The zero-order valence-electron chi connectivity index (χ0n) is 69.2. The molecule has 3 fully saturated rings. The summed E-state index contributed by atoms with van der Waals surface area (Å²) >= 11 is 36.1. The number of ether oxygens (including phenoxy) is 1. The van der Waals surface area contributed by atoms with E-state index in [2.05, 4.69) is 128 Å². The number of alkyl carbamates (subject to hydrolysis) is 1. The first-order valence-corrected chi connectivity index (χ1v) is 45.6. The first-order chi connectivity index (χ1) is 58.1. The predicted molar refractivity (Wildman–Crippen MR) is 484 cm³/mol. The van der Waals surface area contributed by atoms with Gasteiger partial charge in [-0.05, 0) is 220 Å². The summed E-state index contributed by atoms with van der Waals surface area (Å²) in [6.07, 6.45) is 4.24. The Morgan fingerprint density at radius 2 is 0.797 bits per heavy atom. The van der Waals surface area contributed by atoms with Crippen molar-refractivity contribution < 1.29 is 57.4 Å². The molecule has 0 saturated carbocycles. The van der Waals surface area contributed by atoms with Gasteiger partial charge in [0.05, 0.1) is 86.5 Å². The van der Waals surface area contributed by atoms with Crippen LogP contribution in [0.3, 0.4) is 0 Å². The molecular formula is C94H96Cl6F4N8O9S2. The normalized spacial score (nSPS) is 14.7. The van der Waals surface area contributed by atoms with Crippen LogP contribution in [0.4, 0.5) is 22.4 Å². The molecule has 3 aliphatic heterocycles. The lowest BCUT2D eigenvalue weighted by Gasteiger charge is -2.40. The van der Waals surface area contributed by atoms with E-state index < -0.39 is 79.4 Å². The maximum atomic E-state index is 13.8.